The second kappa shape index (κ2) is 8.11. The van der Waals surface area contributed by atoms with E-state index in [4.69, 9.17) is 0 Å². The third-order valence-corrected chi connectivity index (χ3v) is 3.91. The molecular formula is C20H20N4O2. The van der Waals surface area contributed by atoms with Gasteiger partial charge in [0.05, 0.1) is 24.5 Å². The highest BCUT2D eigenvalue weighted by Gasteiger charge is 2.14. The summed E-state index contributed by atoms with van der Waals surface area (Å²) in [5.74, 6) is 0.101. The molecule has 3 N–H and O–H groups in total. The number of nitrogens with zero attached hydrogens (tertiary/aromatic N) is 1. The molecule has 0 aliphatic heterocycles. The number of nitrogens with one attached hydrogen (secondary N) is 3. The van der Waals surface area contributed by atoms with E-state index in [1.165, 1.54) is 0 Å². The zero-order valence-corrected chi connectivity index (χ0v) is 14.4. The van der Waals surface area contributed by atoms with Crippen molar-refractivity contribution in [1.29, 1.82) is 0 Å². The van der Waals surface area contributed by atoms with E-state index in [1.54, 1.807) is 30.5 Å². The first-order chi connectivity index (χ1) is 12.6. The predicted molar refractivity (Wildman–Crippen MR) is 99.4 cm³/mol. The van der Waals surface area contributed by atoms with E-state index in [9.17, 15) is 9.59 Å². The lowest BCUT2D eigenvalue weighted by molar-refractivity contribution is -0.120. The Balaban J connectivity index is 1.53. The van der Waals surface area contributed by atoms with Gasteiger partial charge in [-0.3, -0.25) is 9.59 Å². The van der Waals surface area contributed by atoms with Crippen LogP contribution >= 0.6 is 0 Å². The molecular weight excluding hydrogens is 328 g/mol. The maximum absolute atomic E-state index is 12.1. The number of imidazole rings is 1. The Morgan fingerprint density at radius 2 is 1.69 bits per heavy atom. The second-order valence-electron chi connectivity index (χ2n) is 5.89. The van der Waals surface area contributed by atoms with Crippen LogP contribution in [0.1, 0.15) is 29.1 Å². The first-order valence-corrected chi connectivity index (χ1v) is 8.36. The Morgan fingerprint density at radius 1 is 1.04 bits per heavy atom. The van der Waals surface area contributed by atoms with E-state index < -0.39 is 0 Å². The van der Waals surface area contributed by atoms with Crippen molar-refractivity contribution < 1.29 is 9.59 Å². The summed E-state index contributed by atoms with van der Waals surface area (Å²) in [6, 6.07) is 18.3. The summed E-state index contributed by atoms with van der Waals surface area (Å²) in [5.41, 5.74) is 2.44. The fraction of sp³-hybridized carbons (Fsp3) is 0.150. The summed E-state index contributed by atoms with van der Waals surface area (Å²) in [6.07, 6.45) is 1.74. The fourth-order valence-corrected chi connectivity index (χ4v) is 2.53. The molecule has 132 valence electrons. The molecule has 0 aliphatic rings. The minimum Gasteiger partial charge on any atom is -0.345 e. The third-order valence-electron chi connectivity index (χ3n) is 3.91. The lowest BCUT2D eigenvalue weighted by atomic mass is 10.2. The quantitative estimate of drug-likeness (QED) is 0.640. The van der Waals surface area contributed by atoms with E-state index in [0.717, 1.165) is 11.3 Å². The lowest BCUT2D eigenvalue weighted by Crippen LogP contribution is -2.38. The molecule has 2 aromatic carbocycles. The second-order valence-corrected chi connectivity index (χ2v) is 5.89. The van der Waals surface area contributed by atoms with Crippen LogP contribution in [-0.4, -0.2) is 28.3 Å². The van der Waals surface area contributed by atoms with Gasteiger partial charge in [0.15, 0.2) is 0 Å². The predicted octanol–water partition coefficient (Wildman–Crippen LogP) is 2.68. The molecule has 6 heteroatoms. The summed E-state index contributed by atoms with van der Waals surface area (Å²) in [7, 11) is 0. The highest BCUT2D eigenvalue weighted by molar-refractivity contribution is 5.96. The Hall–Kier alpha value is -3.41. The van der Waals surface area contributed by atoms with Gasteiger partial charge >= 0.3 is 0 Å². The number of hydrogen-bond acceptors (Lipinski definition) is 3. The molecule has 6 nitrogen and oxygen atoms in total. The maximum Gasteiger partial charge on any atom is 0.251 e. The van der Waals surface area contributed by atoms with Gasteiger partial charge < -0.3 is 15.6 Å². The molecule has 0 radical (unpaired) electrons. The van der Waals surface area contributed by atoms with Gasteiger partial charge in [-0.1, -0.05) is 48.5 Å². The van der Waals surface area contributed by atoms with Gasteiger partial charge in [-0.25, -0.2) is 4.98 Å². The number of carbonyl (C=O) groups is 2. The van der Waals surface area contributed by atoms with Crippen LogP contribution in [0.2, 0.25) is 0 Å². The van der Waals surface area contributed by atoms with Crippen molar-refractivity contribution in [2.75, 3.05) is 6.54 Å². The number of carbonyl (C=O) groups excluding carboxylic acids is 2. The average molecular weight is 348 g/mol. The molecule has 3 rings (SSSR count). The number of amides is 2. The molecule has 0 spiro atoms. The number of hydrogen-bond donors (Lipinski definition) is 3. The van der Waals surface area contributed by atoms with Gasteiger partial charge in [-0.05, 0) is 24.6 Å². The van der Waals surface area contributed by atoms with Crippen LogP contribution in [0.5, 0.6) is 0 Å². The van der Waals surface area contributed by atoms with Crippen LogP contribution in [-0.2, 0) is 4.79 Å². The highest BCUT2D eigenvalue weighted by atomic mass is 16.2. The number of H-pyrrole nitrogens is 1. The van der Waals surface area contributed by atoms with E-state index >= 15 is 0 Å². The third kappa shape index (κ3) is 4.36. The van der Waals surface area contributed by atoms with Gasteiger partial charge in [0, 0.05) is 5.56 Å². The smallest absolute Gasteiger partial charge is 0.251 e. The van der Waals surface area contributed by atoms with Crippen LogP contribution in [0.4, 0.5) is 0 Å². The molecule has 0 fully saturated rings. The Morgan fingerprint density at radius 3 is 2.38 bits per heavy atom. The number of aromatic nitrogens is 2. The van der Waals surface area contributed by atoms with E-state index in [1.807, 2.05) is 43.3 Å². The molecule has 0 saturated heterocycles. The summed E-state index contributed by atoms with van der Waals surface area (Å²) >= 11 is 0. The van der Waals surface area contributed by atoms with Crippen LogP contribution < -0.4 is 10.6 Å². The van der Waals surface area contributed by atoms with Crippen LogP contribution in [0.15, 0.2) is 66.9 Å². The average Bonchev–Trinajstić information content (AvgIpc) is 3.18. The van der Waals surface area contributed by atoms with Crippen molar-refractivity contribution in [3.63, 3.8) is 0 Å². The minimum absolute atomic E-state index is 0.0929. The van der Waals surface area contributed by atoms with E-state index in [2.05, 4.69) is 20.6 Å². The van der Waals surface area contributed by atoms with Gasteiger partial charge in [0.25, 0.3) is 5.91 Å². The van der Waals surface area contributed by atoms with Crippen molar-refractivity contribution in [2.24, 2.45) is 0 Å². The molecule has 26 heavy (non-hydrogen) atoms. The molecule has 2 amide bonds. The number of rotatable bonds is 6. The van der Waals surface area contributed by atoms with Crippen molar-refractivity contribution in [3.05, 3.63) is 78.2 Å². The van der Waals surface area contributed by atoms with Gasteiger partial charge in [0.2, 0.25) is 5.91 Å². The molecule has 0 unspecified atom stereocenters. The van der Waals surface area contributed by atoms with Crippen LogP contribution in [0.25, 0.3) is 11.3 Å². The van der Waals surface area contributed by atoms with Crippen LogP contribution in [0.3, 0.4) is 0 Å². The Bertz CT molecular complexity index is 875. The Labute approximate surface area is 151 Å². The normalized spacial score (nSPS) is 11.6. The maximum atomic E-state index is 12.1. The molecule has 3 aromatic rings. The zero-order valence-electron chi connectivity index (χ0n) is 14.4. The minimum atomic E-state index is -0.298. The molecule has 0 aliphatic carbocycles. The van der Waals surface area contributed by atoms with Gasteiger partial charge in [0.1, 0.15) is 5.82 Å². The first kappa shape index (κ1) is 17.4. The summed E-state index contributed by atoms with van der Waals surface area (Å²) < 4.78 is 0. The molecule has 1 heterocycles. The van der Waals surface area contributed by atoms with Crippen molar-refractivity contribution >= 4 is 11.8 Å². The van der Waals surface area contributed by atoms with E-state index in [-0.39, 0.29) is 24.4 Å². The summed E-state index contributed by atoms with van der Waals surface area (Å²) in [4.78, 5) is 31.6. The van der Waals surface area contributed by atoms with Crippen LogP contribution in [0, 0.1) is 0 Å². The monoisotopic (exact) mass is 348 g/mol. The molecule has 0 bridgehead atoms. The zero-order chi connectivity index (χ0) is 18.4. The van der Waals surface area contributed by atoms with Crippen molar-refractivity contribution in [3.8, 4) is 11.3 Å². The summed E-state index contributed by atoms with van der Waals surface area (Å²) in [5, 5.41) is 5.43. The lowest BCUT2D eigenvalue weighted by Gasteiger charge is -2.12. The molecule has 1 aromatic heterocycles. The van der Waals surface area contributed by atoms with E-state index in [0.29, 0.717) is 11.4 Å². The molecule has 1 atom stereocenters. The molecule has 0 saturated carbocycles. The topological polar surface area (TPSA) is 86.9 Å². The summed E-state index contributed by atoms with van der Waals surface area (Å²) in [6.45, 7) is 1.74. The van der Waals surface area contributed by atoms with Gasteiger partial charge in [-0.2, -0.15) is 0 Å². The highest BCUT2D eigenvalue weighted by Crippen LogP contribution is 2.18. The van der Waals surface area contributed by atoms with Crippen molar-refractivity contribution in [2.45, 2.75) is 13.0 Å². The van der Waals surface area contributed by atoms with Crippen molar-refractivity contribution in [1.82, 2.24) is 20.6 Å². The number of aromatic amines is 1. The Kier molecular flexibility index (Phi) is 5.43. The first-order valence-electron chi connectivity index (χ1n) is 8.36. The standard InChI is InChI=1S/C20H20N4O2/c1-14(19-21-12-17(24-19)15-8-4-2-5-9-15)23-18(25)13-22-20(26)16-10-6-3-7-11-16/h2-12,14H,13H2,1H3,(H,21,24)(H,22,26)(H,23,25)/t14-/m1/s1. The SMILES string of the molecule is C[C@@H](NC(=O)CNC(=O)c1ccccc1)c1ncc(-c2ccccc2)[nH]1. The van der Waals surface area contributed by atoms with Gasteiger partial charge in [-0.15, -0.1) is 0 Å². The fourth-order valence-electron chi connectivity index (χ4n) is 2.53. The largest absolute Gasteiger partial charge is 0.345 e. The number of benzene rings is 2.